The molecule has 1 aliphatic rings. The van der Waals surface area contributed by atoms with E-state index in [-0.39, 0.29) is 5.91 Å². The van der Waals surface area contributed by atoms with Gasteiger partial charge in [-0.2, -0.15) is 0 Å². The molecule has 1 heterocycles. The minimum atomic E-state index is 0.166. The van der Waals surface area contributed by atoms with Crippen molar-refractivity contribution in [1.29, 1.82) is 0 Å². The lowest BCUT2D eigenvalue weighted by Gasteiger charge is -2.34. The Labute approximate surface area is 156 Å². The third-order valence-corrected chi connectivity index (χ3v) is 4.65. The molecule has 1 fully saturated rings. The van der Waals surface area contributed by atoms with Crippen molar-refractivity contribution < 1.29 is 9.53 Å². The van der Waals surface area contributed by atoms with Gasteiger partial charge in [-0.1, -0.05) is 12.1 Å². The number of nitrogens with zero attached hydrogens (tertiary/aromatic N) is 3. The molecule has 2 rings (SSSR count). The molecule has 0 radical (unpaired) electrons. The largest absolute Gasteiger partial charge is 0.496 e. The second-order valence-electron chi connectivity index (χ2n) is 6.52. The Morgan fingerprint density at radius 1 is 1.23 bits per heavy atom. The summed E-state index contributed by atoms with van der Waals surface area (Å²) in [5, 5.41) is 6.67. The Morgan fingerprint density at radius 2 is 1.96 bits per heavy atom. The van der Waals surface area contributed by atoms with Gasteiger partial charge in [0.15, 0.2) is 5.96 Å². The summed E-state index contributed by atoms with van der Waals surface area (Å²) in [4.78, 5) is 19.9. The van der Waals surface area contributed by atoms with Crippen LogP contribution >= 0.6 is 0 Å². The number of hydrogen-bond donors (Lipinski definition) is 2. The Kier molecular flexibility index (Phi) is 7.72. The summed E-state index contributed by atoms with van der Waals surface area (Å²) >= 11 is 0. The standard InChI is InChI=1S/C19H31N5O2/c1-15-5-6-17(18(13-15)26-4)14-22-19(20-3)21-7-8-23-9-11-24(12-10-23)16(2)25/h5-6,13H,7-12,14H2,1-4H3,(H2,20,21,22). The third kappa shape index (κ3) is 5.91. The smallest absolute Gasteiger partial charge is 0.219 e. The number of benzene rings is 1. The first-order valence-corrected chi connectivity index (χ1v) is 9.09. The second-order valence-corrected chi connectivity index (χ2v) is 6.52. The number of amides is 1. The third-order valence-electron chi connectivity index (χ3n) is 4.65. The maximum absolute atomic E-state index is 11.4. The number of ether oxygens (including phenoxy) is 1. The lowest BCUT2D eigenvalue weighted by molar-refractivity contribution is -0.130. The molecule has 0 saturated carbocycles. The van der Waals surface area contributed by atoms with Gasteiger partial charge in [-0.05, 0) is 18.6 Å². The Bertz CT molecular complexity index is 624. The van der Waals surface area contributed by atoms with Crippen molar-refractivity contribution in [2.24, 2.45) is 4.99 Å². The van der Waals surface area contributed by atoms with E-state index >= 15 is 0 Å². The summed E-state index contributed by atoms with van der Waals surface area (Å²) in [5.74, 6) is 1.82. The van der Waals surface area contributed by atoms with Gasteiger partial charge in [-0.3, -0.25) is 14.7 Å². The van der Waals surface area contributed by atoms with Crippen LogP contribution in [-0.4, -0.2) is 75.1 Å². The number of aliphatic imine (C=N–C) groups is 1. The zero-order valence-corrected chi connectivity index (χ0v) is 16.3. The van der Waals surface area contributed by atoms with Crippen LogP contribution < -0.4 is 15.4 Å². The molecule has 144 valence electrons. The maximum Gasteiger partial charge on any atom is 0.219 e. The molecular weight excluding hydrogens is 330 g/mol. The molecule has 0 aliphatic carbocycles. The number of nitrogens with one attached hydrogen (secondary N) is 2. The summed E-state index contributed by atoms with van der Waals surface area (Å²) in [6, 6.07) is 6.19. The van der Waals surface area contributed by atoms with E-state index in [4.69, 9.17) is 4.74 Å². The molecule has 2 N–H and O–H groups in total. The van der Waals surface area contributed by atoms with Crippen molar-refractivity contribution in [3.05, 3.63) is 29.3 Å². The van der Waals surface area contributed by atoms with Gasteiger partial charge in [0, 0.05) is 65.3 Å². The van der Waals surface area contributed by atoms with Gasteiger partial charge in [0.05, 0.1) is 7.11 Å². The molecule has 1 amide bonds. The summed E-state index contributed by atoms with van der Waals surface area (Å²) in [5.41, 5.74) is 2.28. The molecule has 0 bridgehead atoms. The van der Waals surface area contributed by atoms with Crippen LogP contribution in [0.4, 0.5) is 0 Å². The van der Waals surface area contributed by atoms with E-state index in [1.165, 1.54) is 5.56 Å². The Hall–Kier alpha value is -2.28. The monoisotopic (exact) mass is 361 g/mol. The van der Waals surface area contributed by atoms with Gasteiger partial charge < -0.3 is 20.3 Å². The number of rotatable bonds is 6. The average Bonchev–Trinajstić information content (AvgIpc) is 2.65. The first kappa shape index (κ1) is 20.0. The van der Waals surface area contributed by atoms with E-state index in [0.29, 0.717) is 6.54 Å². The zero-order valence-electron chi connectivity index (χ0n) is 16.3. The van der Waals surface area contributed by atoms with Crippen molar-refractivity contribution in [2.75, 3.05) is 53.4 Å². The van der Waals surface area contributed by atoms with E-state index in [9.17, 15) is 4.79 Å². The summed E-state index contributed by atoms with van der Waals surface area (Å²) in [6.45, 7) is 9.56. The SMILES string of the molecule is CN=C(NCCN1CCN(C(C)=O)CC1)NCc1ccc(C)cc1OC. The van der Waals surface area contributed by atoms with Crippen LogP contribution in [0.1, 0.15) is 18.1 Å². The van der Waals surface area contributed by atoms with Crippen LogP contribution in [0.5, 0.6) is 5.75 Å². The first-order valence-electron chi connectivity index (χ1n) is 9.09. The van der Waals surface area contributed by atoms with Crippen molar-refractivity contribution in [3.63, 3.8) is 0 Å². The van der Waals surface area contributed by atoms with Crippen molar-refractivity contribution in [1.82, 2.24) is 20.4 Å². The first-order chi connectivity index (χ1) is 12.5. The molecular formula is C19H31N5O2. The number of piperazine rings is 1. The van der Waals surface area contributed by atoms with E-state index in [1.807, 2.05) is 11.0 Å². The quantitative estimate of drug-likeness (QED) is 0.580. The number of carbonyl (C=O) groups excluding carboxylic acids is 1. The van der Waals surface area contributed by atoms with Crippen LogP contribution in [-0.2, 0) is 11.3 Å². The van der Waals surface area contributed by atoms with E-state index in [0.717, 1.165) is 56.5 Å². The highest BCUT2D eigenvalue weighted by Crippen LogP contribution is 2.19. The number of carbonyl (C=O) groups is 1. The maximum atomic E-state index is 11.4. The lowest BCUT2D eigenvalue weighted by atomic mass is 10.1. The topological polar surface area (TPSA) is 69.2 Å². The fourth-order valence-corrected chi connectivity index (χ4v) is 3.02. The molecule has 1 saturated heterocycles. The summed E-state index contributed by atoms with van der Waals surface area (Å²) in [7, 11) is 3.46. The van der Waals surface area contributed by atoms with E-state index < -0.39 is 0 Å². The normalized spacial score (nSPS) is 15.7. The van der Waals surface area contributed by atoms with Gasteiger partial charge in [-0.15, -0.1) is 0 Å². The number of guanidine groups is 1. The predicted octanol–water partition coefficient (Wildman–Crippen LogP) is 0.833. The lowest BCUT2D eigenvalue weighted by Crippen LogP contribution is -2.50. The van der Waals surface area contributed by atoms with E-state index in [1.54, 1.807) is 21.1 Å². The zero-order chi connectivity index (χ0) is 18.9. The van der Waals surface area contributed by atoms with Crippen LogP contribution in [0, 0.1) is 6.92 Å². The molecule has 1 aliphatic heterocycles. The Balaban J connectivity index is 1.73. The van der Waals surface area contributed by atoms with Gasteiger partial charge in [0.25, 0.3) is 0 Å². The molecule has 0 spiro atoms. The van der Waals surface area contributed by atoms with Gasteiger partial charge in [0.2, 0.25) is 5.91 Å². The predicted molar refractivity (Wildman–Crippen MR) is 105 cm³/mol. The molecule has 0 aromatic heterocycles. The number of hydrogen-bond acceptors (Lipinski definition) is 4. The van der Waals surface area contributed by atoms with Crippen LogP contribution in [0.15, 0.2) is 23.2 Å². The van der Waals surface area contributed by atoms with Gasteiger partial charge in [0.1, 0.15) is 5.75 Å². The van der Waals surface area contributed by atoms with Gasteiger partial charge >= 0.3 is 0 Å². The minimum Gasteiger partial charge on any atom is -0.496 e. The van der Waals surface area contributed by atoms with Crippen LogP contribution in [0.2, 0.25) is 0 Å². The molecule has 1 aromatic rings. The molecule has 7 heteroatoms. The van der Waals surface area contributed by atoms with Crippen molar-refractivity contribution in [2.45, 2.75) is 20.4 Å². The molecule has 0 atom stereocenters. The molecule has 26 heavy (non-hydrogen) atoms. The highest BCUT2D eigenvalue weighted by molar-refractivity contribution is 5.79. The average molecular weight is 361 g/mol. The van der Waals surface area contributed by atoms with Gasteiger partial charge in [-0.25, -0.2) is 0 Å². The highest BCUT2D eigenvalue weighted by atomic mass is 16.5. The summed E-state index contributed by atoms with van der Waals surface area (Å²) in [6.07, 6.45) is 0. The molecule has 7 nitrogen and oxygen atoms in total. The number of methoxy groups -OCH3 is 1. The fourth-order valence-electron chi connectivity index (χ4n) is 3.02. The molecule has 0 unspecified atom stereocenters. The Morgan fingerprint density at radius 3 is 2.58 bits per heavy atom. The molecule has 1 aromatic carbocycles. The van der Waals surface area contributed by atoms with Crippen molar-refractivity contribution >= 4 is 11.9 Å². The highest BCUT2D eigenvalue weighted by Gasteiger charge is 2.17. The van der Waals surface area contributed by atoms with Crippen LogP contribution in [0.25, 0.3) is 0 Å². The van der Waals surface area contributed by atoms with Crippen LogP contribution in [0.3, 0.4) is 0 Å². The second kappa shape index (κ2) is 10.0. The fraction of sp³-hybridized carbons (Fsp3) is 0.579. The van der Waals surface area contributed by atoms with E-state index in [2.05, 4.69) is 39.6 Å². The number of aryl methyl sites for hydroxylation is 1. The summed E-state index contributed by atoms with van der Waals surface area (Å²) < 4.78 is 5.44. The van der Waals surface area contributed by atoms with Crippen molar-refractivity contribution in [3.8, 4) is 5.75 Å². The minimum absolute atomic E-state index is 0.166.